The van der Waals surface area contributed by atoms with Crippen molar-refractivity contribution in [2.24, 2.45) is 0 Å². The van der Waals surface area contributed by atoms with Crippen LogP contribution in [0.25, 0.3) is 0 Å². The highest BCUT2D eigenvalue weighted by atomic mass is 28.3. The van der Waals surface area contributed by atoms with Crippen molar-refractivity contribution in [1.82, 2.24) is 9.97 Å². The van der Waals surface area contributed by atoms with Crippen LogP contribution in [0.15, 0.2) is 42.7 Å². The monoisotopic (exact) mass is 326 g/mol. The van der Waals surface area contributed by atoms with Gasteiger partial charge in [0.2, 0.25) is 0 Å². The highest BCUT2D eigenvalue weighted by Crippen LogP contribution is 2.32. The van der Waals surface area contributed by atoms with Crippen LogP contribution in [0.4, 0.5) is 0 Å². The maximum absolute atomic E-state index is 4.74. The van der Waals surface area contributed by atoms with E-state index in [-0.39, 0.29) is 0 Å². The van der Waals surface area contributed by atoms with Gasteiger partial charge in [0.15, 0.2) is 8.07 Å². The Morgan fingerprint density at radius 3 is 2.09 bits per heavy atom. The topological polar surface area (TPSA) is 25.8 Å². The third kappa shape index (κ3) is 3.40. The molecule has 0 radical (unpaired) electrons. The van der Waals surface area contributed by atoms with Crippen molar-refractivity contribution < 1.29 is 0 Å². The highest BCUT2D eigenvalue weighted by molar-refractivity contribution is 7.03. The zero-order valence-electron chi connectivity index (χ0n) is 15.2. The Morgan fingerprint density at radius 1 is 0.913 bits per heavy atom. The molecule has 0 aliphatic rings. The summed E-state index contributed by atoms with van der Waals surface area (Å²) < 4.78 is 0. The third-order valence-corrected chi connectivity index (χ3v) is 11.0. The summed E-state index contributed by atoms with van der Waals surface area (Å²) in [4.78, 5) is 9.48. The van der Waals surface area contributed by atoms with E-state index in [9.17, 15) is 0 Å². The summed E-state index contributed by atoms with van der Waals surface area (Å²) in [5, 5.41) is 1.55. The number of aromatic nitrogens is 2. The van der Waals surface area contributed by atoms with E-state index >= 15 is 0 Å². The van der Waals surface area contributed by atoms with Gasteiger partial charge in [-0.15, -0.1) is 0 Å². The first-order chi connectivity index (χ1) is 11.0. The zero-order chi connectivity index (χ0) is 16.9. The Hall–Kier alpha value is -1.48. The van der Waals surface area contributed by atoms with Gasteiger partial charge in [-0.25, -0.2) is 9.97 Å². The average Bonchev–Trinajstić information content (AvgIpc) is 2.55. The summed E-state index contributed by atoms with van der Waals surface area (Å²) in [5.74, 6) is 0. The first-order valence-corrected chi connectivity index (χ1v) is 11.1. The second-order valence-corrected chi connectivity index (χ2v) is 12.0. The molecule has 124 valence electrons. The third-order valence-electron chi connectivity index (χ3n) is 5.02. The predicted molar refractivity (Wildman–Crippen MR) is 102 cm³/mol. The number of nitrogens with zero attached hydrogens (tertiary/aromatic N) is 2. The van der Waals surface area contributed by atoms with Crippen LogP contribution in [0.2, 0.25) is 11.1 Å². The Kier molecular flexibility index (Phi) is 6.11. The molecule has 0 spiro atoms. The van der Waals surface area contributed by atoms with Crippen molar-refractivity contribution in [2.45, 2.75) is 65.0 Å². The van der Waals surface area contributed by atoms with Crippen LogP contribution in [0.3, 0.4) is 0 Å². The van der Waals surface area contributed by atoms with Crippen LogP contribution in [0.1, 0.15) is 53.0 Å². The molecule has 1 aromatic carbocycles. The van der Waals surface area contributed by atoms with Gasteiger partial charge in [0, 0.05) is 12.4 Å². The van der Waals surface area contributed by atoms with Gasteiger partial charge in [-0.05, 0) is 40.7 Å². The molecule has 2 nitrogen and oxygen atoms in total. The molecule has 0 bridgehead atoms. The van der Waals surface area contributed by atoms with Gasteiger partial charge >= 0.3 is 0 Å². The maximum atomic E-state index is 4.74. The van der Waals surface area contributed by atoms with Gasteiger partial charge in [-0.2, -0.15) is 0 Å². The fourth-order valence-corrected chi connectivity index (χ4v) is 9.49. The lowest BCUT2D eigenvalue weighted by atomic mass is 10.1. The van der Waals surface area contributed by atoms with E-state index in [0.29, 0.717) is 11.1 Å². The second-order valence-electron chi connectivity index (χ2n) is 7.01. The molecule has 0 saturated heterocycles. The summed E-state index contributed by atoms with van der Waals surface area (Å²) in [6, 6.07) is 11.0. The number of rotatable bonds is 7. The average molecular weight is 327 g/mol. The van der Waals surface area contributed by atoms with E-state index in [1.807, 2.05) is 18.5 Å². The zero-order valence-corrected chi connectivity index (χ0v) is 16.2. The van der Waals surface area contributed by atoms with Crippen LogP contribution in [0, 0.1) is 0 Å². The van der Waals surface area contributed by atoms with Crippen LogP contribution < -0.4 is 10.6 Å². The SMILES string of the molecule is CCCCc1ccccc1[Si](c1ncccn1)(C(C)C)C(C)C. The smallest absolute Gasteiger partial charge is 0.170 e. The van der Waals surface area contributed by atoms with Crippen LogP contribution in [0.5, 0.6) is 0 Å². The Labute approximate surface area is 142 Å². The summed E-state index contributed by atoms with van der Waals surface area (Å²) >= 11 is 0. The molecule has 0 aliphatic heterocycles. The van der Waals surface area contributed by atoms with Crippen molar-refractivity contribution in [2.75, 3.05) is 0 Å². The van der Waals surface area contributed by atoms with Gasteiger partial charge in [0.1, 0.15) is 5.45 Å². The fourth-order valence-electron chi connectivity index (χ4n) is 3.95. The lowest BCUT2D eigenvalue weighted by Crippen LogP contribution is -2.65. The molecular weight excluding hydrogens is 296 g/mol. The fraction of sp³-hybridized carbons (Fsp3) is 0.500. The summed E-state index contributed by atoms with van der Waals surface area (Å²) in [6.45, 7) is 11.7. The summed E-state index contributed by atoms with van der Waals surface area (Å²) in [5.41, 5.74) is 3.73. The molecule has 1 heterocycles. The quantitative estimate of drug-likeness (QED) is 0.713. The normalized spacial score (nSPS) is 12.1. The molecule has 0 aliphatic carbocycles. The van der Waals surface area contributed by atoms with Gasteiger partial charge in [-0.1, -0.05) is 65.3 Å². The number of benzene rings is 1. The second kappa shape index (κ2) is 7.87. The van der Waals surface area contributed by atoms with E-state index in [2.05, 4.69) is 58.9 Å². The first kappa shape index (κ1) is 17.9. The van der Waals surface area contributed by atoms with Crippen molar-refractivity contribution in [1.29, 1.82) is 0 Å². The molecule has 0 N–H and O–H groups in total. The molecular formula is C20H30N2Si. The summed E-state index contributed by atoms with van der Waals surface area (Å²) in [6.07, 6.45) is 7.45. The van der Waals surface area contributed by atoms with Gasteiger partial charge < -0.3 is 0 Å². The molecule has 0 saturated carbocycles. The van der Waals surface area contributed by atoms with Crippen LogP contribution in [-0.4, -0.2) is 18.0 Å². The maximum Gasteiger partial charge on any atom is 0.170 e. The number of unbranched alkanes of at least 4 members (excludes halogenated alkanes) is 1. The molecule has 0 atom stereocenters. The molecule has 23 heavy (non-hydrogen) atoms. The number of aryl methyl sites for hydroxylation is 1. The predicted octanol–water partition coefficient (Wildman–Crippen LogP) is 4.20. The molecule has 3 heteroatoms. The van der Waals surface area contributed by atoms with Crippen molar-refractivity contribution in [3.8, 4) is 0 Å². The molecule has 1 aromatic heterocycles. The Morgan fingerprint density at radius 2 is 1.52 bits per heavy atom. The Bertz CT molecular complexity index is 600. The first-order valence-electron chi connectivity index (χ1n) is 8.91. The largest absolute Gasteiger partial charge is 0.246 e. The van der Waals surface area contributed by atoms with Crippen LogP contribution in [-0.2, 0) is 6.42 Å². The van der Waals surface area contributed by atoms with Gasteiger partial charge in [-0.3, -0.25) is 0 Å². The number of hydrogen-bond donors (Lipinski definition) is 0. The van der Waals surface area contributed by atoms with Crippen molar-refractivity contribution in [3.05, 3.63) is 48.3 Å². The van der Waals surface area contributed by atoms with Crippen LogP contribution >= 0.6 is 0 Å². The number of hydrogen-bond acceptors (Lipinski definition) is 2. The van der Waals surface area contributed by atoms with Crippen molar-refractivity contribution in [3.63, 3.8) is 0 Å². The van der Waals surface area contributed by atoms with Gasteiger partial charge in [0.25, 0.3) is 0 Å². The van der Waals surface area contributed by atoms with E-state index in [1.54, 1.807) is 5.19 Å². The van der Waals surface area contributed by atoms with Crippen molar-refractivity contribution >= 4 is 18.7 Å². The minimum Gasteiger partial charge on any atom is -0.246 e. The summed E-state index contributed by atoms with van der Waals surface area (Å²) in [7, 11) is -2.02. The standard InChI is InChI=1S/C20H30N2Si/c1-6-7-11-18-12-8-9-13-19(18)23(16(2)3,17(4)5)20-21-14-10-15-22-20/h8-10,12-17H,6-7,11H2,1-5H3. The minimum atomic E-state index is -2.02. The molecule has 0 unspecified atom stereocenters. The molecule has 0 amide bonds. The minimum absolute atomic E-state index is 0.563. The lowest BCUT2D eigenvalue weighted by molar-refractivity contribution is 0.796. The Balaban J connectivity index is 2.68. The lowest BCUT2D eigenvalue weighted by Gasteiger charge is -2.39. The molecule has 0 fully saturated rings. The van der Waals surface area contributed by atoms with Gasteiger partial charge in [0.05, 0.1) is 0 Å². The van der Waals surface area contributed by atoms with E-state index in [1.165, 1.54) is 18.4 Å². The molecule has 2 rings (SSSR count). The van der Waals surface area contributed by atoms with E-state index in [0.717, 1.165) is 11.9 Å². The molecule has 2 aromatic rings. The van der Waals surface area contributed by atoms with E-state index < -0.39 is 8.07 Å². The highest BCUT2D eigenvalue weighted by Gasteiger charge is 2.47. The van der Waals surface area contributed by atoms with E-state index in [4.69, 9.17) is 9.97 Å².